The predicted molar refractivity (Wildman–Crippen MR) is 114 cm³/mol. The van der Waals surface area contributed by atoms with Crippen LogP contribution in [0.25, 0.3) is 5.69 Å². The number of rotatable bonds is 6. The van der Waals surface area contributed by atoms with Gasteiger partial charge in [0, 0.05) is 23.5 Å². The zero-order valence-electron chi connectivity index (χ0n) is 17.5. The number of hydrogen-bond donors (Lipinski definition) is 2. The number of imidazole rings is 1. The summed E-state index contributed by atoms with van der Waals surface area (Å²) in [5.74, 6) is 2.14. The van der Waals surface area contributed by atoms with E-state index in [1.165, 1.54) is 19.3 Å². The number of nitrogens with one attached hydrogen (secondary N) is 2. The number of carbonyl (C=O) groups is 2. The second kappa shape index (κ2) is 7.56. The molecule has 6 rings (SSSR count). The van der Waals surface area contributed by atoms with Crippen LogP contribution in [-0.4, -0.2) is 27.9 Å². The maximum Gasteiger partial charge on any atom is 0.239 e. The quantitative estimate of drug-likeness (QED) is 0.772. The molecule has 6 nitrogen and oxygen atoms in total. The van der Waals surface area contributed by atoms with E-state index in [-0.39, 0.29) is 29.8 Å². The molecule has 1 aromatic carbocycles. The van der Waals surface area contributed by atoms with Crippen LogP contribution in [0.15, 0.2) is 43.0 Å². The first-order chi connectivity index (χ1) is 14.5. The Labute approximate surface area is 177 Å². The first-order valence-electron chi connectivity index (χ1n) is 11.2. The number of benzene rings is 1. The molecule has 158 valence electrons. The van der Waals surface area contributed by atoms with Crippen LogP contribution >= 0.6 is 0 Å². The van der Waals surface area contributed by atoms with Gasteiger partial charge >= 0.3 is 0 Å². The fourth-order valence-corrected chi connectivity index (χ4v) is 6.46. The molecule has 6 heteroatoms. The minimum atomic E-state index is -0.205. The third kappa shape index (κ3) is 3.64. The van der Waals surface area contributed by atoms with Crippen molar-refractivity contribution >= 4 is 11.8 Å². The second-order valence-electron chi connectivity index (χ2n) is 9.73. The lowest BCUT2D eigenvalue weighted by molar-refractivity contribution is -0.147. The number of amides is 2. The predicted octanol–water partition coefficient (Wildman–Crippen LogP) is 3.38. The van der Waals surface area contributed by atoms with E-state index in [0.29, 0.717) is 0 Å². The molecule has 4 fully saturated rings. The topological polar surface area (TPSA) is 76.0 Å². The Morgan fingerprint density at radius 1 is 1.10 bits per heavy atom. The van der Waals surface area contributed by atoms with E-state index < -0.39 is 0 Å². The van der Waals surface area contributed by atoms with Crippen LogP contribution in [0.2, 0.25) is 0 Å². The van der Waals surface area contributed by atoms with Gasteiger partial charge < -0.3 is 15.2 Å². The molecule has 0 aliphatic heterocycles. The van der Waals surface area contributed by atoms with Gasteiger partial charge in [0.05, 0.1) is 18.9 Å². The van der Waals surface area contributed by atoms with Gasteiger partial charge in [0.1, 0.15) is 0 Å². The van der Waals surface area contributed by atoms with Crippen molar-refractivity contribution in [1.82, 2.24) is 20.2 Å². The van der Waals surface area contributed by atoms with Gasteiger partial charge in [-0.1, -0.05) is 12.1 Å². The average molecular weight is 407 g/mol. The van der Waals surface area contributed by atoms with Crippen LogP contribution in [0.1, 0.15) is 57.1 Å². The molecule has 1 heterocycles. The molecule has 2 amide bonds. The highest BCUT2D eigenvalue weighted by Gasteiger charge is 2.54. The van der Waals surface area contributed by atoms with Crippen molar-refractivity contribution in [2.75, 3.05) is 6.54 Å². The summed E-state index contributed by atoms with van der Waals surface area (Å²) in [6.07, 6.45) is 12.4. The summed E-state index contributed by atoms with van der Waals surface area (Å²) in [7, 11) is 0. The van der Waals surface area contributed by atoms with Gasteiger partial charge in [-0.05, 0) is 80.9 Å². The van der Waals surface area contributed by atoms with Gasteiger partial charge in [0.25, 0.3) is 0 Å². The summed E-state index contributed by atoms with van der Waals surface area (Å²) < 4.78 is 1.94. The summed E-state index contributed by atoms with van der Waals surface area (Å²) >= 11 is 0. The van der Waals surface area contributed by atoms with E-state index in [0.717, 1.165) is 48.3 Å². The zero-order chi connectivity index (χ0) is 20.7. The number of aromatic nitrogens is 2. The van der Waals surface area contributed by atoms with Crippen molar-refractivity contribution < 1.29 is 9.59 Å². The molecule has 4 saturated carbocycles. The Kier molecular flexibility index (Phi) is 4.88. The van der Waals surface area contributed by atoms with Crippen molar-refractivity contribution in [3.05, 3.63) is 48.5 Å². The molecule has 1 aromatic heterocycles. The first-order valence-corrected chi connectivity index (χ1v) is 11.2. The van der Waals surface area contributed by atoms with E-state index in [1.807, 2.05) is 42.0 Å². The van der Waals surface area contributed by atoms with Crippen LogP contribution < -0.4 is 10.6 Å². The minimum absolute atomic E-state index is 0.0536. The lowest BCUT2D eigenvalue weighted by atomic mass is 9.49. The molecule has 0 saturated heterocycles. The lowest BCUT2D eigenvalue weighted by Gasteiger charge is -2.55. The Bertz CT molecular complexity index is 884. The Balaban J connectivity index is 1.14. The lowest BCUT2D eigenvalue weighted by Crippen LogP contribution is -2.54. The summed E-state index contributed by atoms with van der Waals surface area (Å²) in [6, 6.07) is 7.91. The summed E-state index contributed by atoms with van der Waals surface area (Å²) in [5, 5.41) is 5.97. The molecule has 0 unspecified atom stereocenters. The largest absolute Gasteiger partial charge is 0.348 e. The third-order valence-electron chi connectivity index (χ3n) is 7.50. The van der Waals surface area contributed by atoms with Crippen LogP contribution in [0.4, 0.5) is 0 Å². The van der Waals surface area contributed by atoms with E-state index in [1.54, 1.807) is 12.5 Å². The smallest absolute Gasteiger partial charge is 0.239 e. The molecule has 4 aliphatic carbocycles. The van der Waals surface area contributed by atoms with E-state index >= 15 is 0 Å². The van der Waals surface area contributed by atoms with Crippen molar-refractivity contribution in [3.8, 4) is 5.69 Å². The van der Waals surface area contributed by atoms with Gasteiger partial charge in [-0.15, -0.1) is 0 Å². The summed E-state index contributed by atoms with van der Waals surface area (Å²) in [6.45, 7) is 2.02. The molecule has 4 aliphatic rings. The van der Waals surface area contributed by atoms with Gasteiger partial charge in [-0.3, -0.25) is 9.59 Å². The Hall–Kier alpha value is -2.63. The molecule has 30 heavy (non-hydrogen) atoms. The fraction of sp³-hybridized carbons (Fsp3) is 0.542. The standard InChI is InChI=1S/C24H30N4O2/c1-16(20-2-4-21(5-3-20)28-7-6-25-15-28)27-22(29)14-26-23(30)24-11-17-8-18(12-24)10-19(9-17)13-24/h2-7,15-19H,8-14H2,1H3,(H,26,30)(H,27,29)/t16-,17?,18?,19?,24?/m1/s1. The van der Waals surface area contributed by atoms with Crippen LogP contribution in [0, 0.1) is 23.2 Å². The number of hydrogen-bond acceptors (Lipinski definition) is 3. The molecule has 0 radical (unpaired) electrons. The molecule has 0 spiro atoms. The van der Waals surface area contributed by atoms with Gasteiger partial charge in [0.15, 0.2) is 0 Å². The van der Waals surface area contributed by atoms with Crippen LogP contribution in [-0.2, 0) is 9.59 Å². The van der Waals surface area contributed by atoms with Gasteiger partial charge in [0.2, 0.25) is 11.8 Å². The maximum absolute atomic E-state index is 13.0. The summed E-state index contributed by atoms with van der Waals surface area (Å²) in [4.78, 5) is 29.5. The highest BCUT2D eigenvalue weighted by Crippen LogP contribution is 2.60. The Morgan fingerprint density at radius 3 is 2.30 bits per heavy atom. The molecule has 2 N–H and O–H groups in total. The van der Waals surface area contributed by atoms with Crippen LogP contribution in [0.3, 0.4) is 0 Å². The Morgan fingerprint density at radius 2 is 1.73 bits per heavy atom. The first kappa shape index (κ1) is 19.3. The molecule has 2 aromatic rings. The highest BCUT2D eigenvalue weighted by atomic mass is 16.2. The van der Waals surface area contributed by atoms with Gasteiger partial charge in [-0.2, -0.15) is 0 Å². The van der Waals surface area contributed by atoms with Crippen molar-refractivity contribution in [3.63, 3.8) is 0 Å². The second-order valence-corrected chi connectivity index (χ2v) is 9.73. The molecular weight excluding hydrogens is 376 g/mol. The van der Waals surface area contributed by atoms with Crippen molar-refractivity contribution in [2.24, 2.45) is 23.2 Å². The maximum atomic E-state index is 13.0. The van der Waals surface area contributed by atoms with Gasteiger partial charge in [-0.25, -0.2) is 4.98 Å². The molecule has 1 atom stereocenters. The minimum Gasteiger partial charge on any atom is -0.348 e. The average Bonchev–Trinajstić information content (AvgIpc) is 3.26. The third-order valence-corrected chi connectivity index (χ3v) is 7.50. The van der Waals surface area contributed by atoms with E-state index in [2.05, 4.69) is 15.6 Å². The highest BCUT2D eigenvalue weighted by molar-refractivity contribution is 5.88. The zero-order valence-corrected chi connectivity index (χ0v) is 17.5. The van der Waals surface area contributed by atoms with Crippen LogP contribution in [0.5, 0.6) is 0 Å². The van der Waals surface area contributed by atoms with E-state index in [9.17, 15) is 9.59 Å². The normalized spacial score (nSPS) is 30.1. The molecular formula is C24H30N4O2. The molecule has 4 bridgehead atoms. The summed E-state index contributed by atoms with van der Waals surface area (Å²) in [5.41, 5.74) is 1.85. The monoisotopic (exact) mass is 406 g/mol. The van der Waals surface area contributed by atoms with Crippen molar-refractivity contribution in [1.29, 1.82) is 0 Å². The van der Waals surface area contributed by atoms with E-state index in [4.69, 9.17) is 0 Å². The number of carbonyl (C=O) groups excluding carboxylic acids is 2. The number of nitrogens with zero attached hydrogens (tertiary/aromatic N) is 2. The van der Waals surface area contributed by atoms with Crippen molar-refractivity contribution in [2.45, 2.75) is 51.5 Å². The SMILES string of the molecule is C[C@@H](NC(=O)CNC(=O)C12CC3CC(CC(C3)C1)C2)c1ccc(-n2ccnc2)cc1. The fourth-order valence-electron chi connectivity index (χ4n) is 6.46.